The van der Waals surface area contributed by atoms with Crippen LogP contribution in [0.3, 0.4) is 0 Å². The predicted molar refractivity (Wildman–Crippen MR) is 102 cm³/mol. The molecule has 1 aliphatic carbocycles. The van der Waals surface area contributed by atoms with E-state index in [0.29, 0.717) is 23.1 Å². The fraction of sp³-hybridized carbons (Fsp3) is 0.273. The minimum Gasteiger partial charge on any atom is -0.454 e. The number of nitrogens with one attached hydrogen (secondary N) is 1. The zero-order valence-electron chi connectivity index (χ0n) is 15.5. The maximum Gasteiger partial charge on any atom is 0.274 e. The second kappa shape index (κ2) is 6.71. The lowest BCUT2D eigenvalue weighted by Crippen LogP contribution is -2.27. The highest BCUT2D eigenvalue weighted by atomic mass is 16.7. The predicted octanol–water partition coefficient (Wildman–Crippen LogP) is 4.44. The van der Waals surface area contributed by atoms with Crippen LogP contribution in [-0.4, -0.2) is 17.7 Å². The third-order valence-electron chi connectivity index (χ3n) is 5.08. The molecule has 1 saturated carbocycles. The molecule has 5 rings (SSSR count). The summed E-state index contributed by atoms with van der Waals surface area (Å²) in [7, 11) is 0. The van der Waals surface area contributed by atoms with Crippen LogP contribution in [0.2, 0.25) is 0 Å². The zero-order chi connectivity index (χ0) is 19.1. The van der Waals surface area contributed by atoms with Crippen LogP contribution in [-0.2, 0) is 0 Å². The molecule has 1 amide bonds. The van der Waals surface area contributed by atoms with Crippen molar-refractivity contribution >= 4 is 5.91 Å². The maximum absolute atomic E-state index is 13.0. The van der Waals surface area contributed by atoms with Crippen molar-refractivity contribution in [1.82, 2.24) is 10.3 Å². The van der Waals surface area contributed by atoms with Gasteiger partial charge in [0.05, 0.1) is 6.04 Å². The molecule has 1 aliphatic heterocycles. The first kappa shape index (κ1) is 16.9. The van der Waals surface area contributed by atoms with Crippen molar-refractivity contribution in [1.29, 1.82) is 0 Å². The van der Waals surface area contributed by atoms with Crippen LogP contribution >= 0.6 is 0 Å². The Kier molecular flexibility index (Phi) is 4.04. The number of nitrogens with zero attached hydrogens (tertiary/aromatic N) is 1. The number of amides is 1. The first-order chi connectivity index (χ1) is 13.7. The van der Waals surface area contributed by atoms with Crippen molar-refractivity contribution in [2.24, 2.45) is 0 Å². The SMILES string of the molecule is CC(NC(=O)c1nc(-c2ccccc2)oc1C1CC1)c1ccc2c(c1)OCO2. The number of aromatic nitrogens is 1. The van der Waals surface area contributed by atoms with Gasteiger partial charge < -0.3 is 19.2 Å². The molecule has 1 aromatic heterocycles. The first-order valence-electron chi connectivity index (χ1n) is 9.45. The number of carbonyl (C=O) groups is 1. The van der Waals surface area contributed by atoms with Gasteiger partial charge >= 0.3 is 0 Å². The fourth-order valence-electron chi connectivity index (χ4n) is 3.35. The number of hydrogen-bond donors (Lipinski definition) is 1. The molecule has 0 spiro atoms. The van der Waals surface area contributed by atoms with E-state index in [9.17, 15) is 4.79 Å². The quantitative estimate of drug-likeness (QED) is 0.713. The van der Waals surface area contributed by atoms with Crippen molar-refractivity contribution in [3.8, 4) is 23.0 Å². The molecule has 1 unspecified atom stereocenters. The minimum atomic E-state index is -0.224. The number of oxazole rings is 1. The molecular weight excluding hydrogens is 356 g/mol. The summed E-state index contributed by atoms with van der Waals surface area (Å²) in [6.45, 7) is 2.16. The van der Waals surface area contributed by atoms with Crippen LogP contribution in [0.25, 0.3) is 11.5 Å². The topological polar surface area (TPSA) is 73.6 Å². The second-order valence-electron chi connectivity index (χ2n) is 7.18. The molecule has 0 saturated heterocycles. The summed E-state index contributed by atoms with van der Waals surface area (Å²) in [6, 6.07) is 15.1. The summed E-state index contributed by atoms with van der Waals surface area (Å²) in [5, 5.41) is 3.03. The van der Waals surface area contributed by atoms with E-state index in [2.05, 4.69) is 10.3 Å². The molecule has 6 nitrogen and oxygen atoms in total. The van der Waals surface area contributed by atoms with Crippen LogP contribution < -0.4 is 14.8 Å². The lowest BCUT2D eigenvalue weighted by molar-refractivity contribution is 0.0933. The van der Waals surface area contributed by atoms with Crippen LogP contribution in [0.4, 0.5) is 0 Å². The van der Waals surface area contributed by atoms with Gasteiger partial charge in [0.25, 0.3) is 5.91 Å². The highest BCUT2D eigenvalue weighted by Gasteiger charge is 2.34. The molecule has 6 heteroatoms. The Morgan fingerprint density at radius 1 is 1.11 bits per heavy atom. The van der Waals surface area contributed by atoms with Crippen molar-refractivity contribution in [2.75, 3.05) is 6.79 Å². The Bertz CT molecular complexity index is 1020. The highest BCUT2D eigenvalue weighted by Crippen LogP contribution is 2.43. The molecule has 2 aromatic carbocycles. The fourth-order valence-corrected chi connectivity index (χ4v) is 3.35. The number of fused-ring (bicyclic) bond motifs is 1. The Morgan fingerprint density at radius 2 is 1.89 bits per heavy atom. The van der Waals surface area contributed by atoms with Gasteiger partial charge in [-0.25, -0.2) is 4.98 Å². The van der Waals surface area contributed by atoms with Gasteiger partial charge in [0, 0.05) is 11.5 Å². The van der Waals surface area contributed by atoms with E-state index in [-0.39, 0.29) is 24.7 Å². The molecule has 0 bridgehead atoms. The average molecular weight is 376 g/mol. The van der Waals surface area contributed by atoms with Gasteiger partial charge in [0.2, 0.25) is 12.7 Å². The molecule has 2 aliphatic rings. The van der Waals surface area contributed by atoms with Gasteiger partial charge in [0.1, 0.15) is 5.76 Å². The minimum absolute atomic E-state index is 0.203. The summed E-state index contributed by atoms with van der Waals surface area (Å²) in [6.07, 6.45) is 2.06. The van der Waals surface area contributed by atoms with Crippen LogP contribution in [0.5, 0.6) is 11.5 Å². The van der Waals surface area contributed by atoms with E-state index < -0.39 is 0 Å². The van der Waals surface area contributed by atoms with Crippen molar-refractivity contribution in [2.45, 2.75) is 31.7 Å². The van der Waals surface area contributed by atoms with Crippen molar-refractivity contribution < 1.29 is 18.7 Å². The van der Waals surface area contributed by atoms with Gasteiger partial charge in [-0.3, -0.25) is 4.79 Å². The number of carbonyl (C=O) groups excluding carboxylic acids is 1. The third kappa shape index (κ3) is 3.11. The number of ether oxygens (including phenoxy) is 2. The number of rotatable bonds is 5. The lowest BCUT2D eigenvalue weighted by Gasteiger charge is -2.14. The van der Waals surface area contributed by atoms with Crippen LogP contribution in [0, 0.1) is 0 Å². The van der Waals surface area contributed by atoms with Gasteiger partial charge in [-0.15, -0.1) is 0 Å². The Labute approximate surface area is 162 Å². The van der Waals surface area contributed by atoms with Crippen molar-refractivity contribution in [3.05, 3.63) is 65.5 Å². The highest BCUT2D eigenvalue weighted by molar-refractivity contribution is 5.94. The molecule has 28 heavy (non-hydrogen) atoms. The van der Waals surface area contributed by atoms with Gasteiger partial charge in [-0.2, -0.15) is 0 Å². The third-order valence-corrected chi connectivity index (χ3v) is 5.08. The van der Waals surface area contributed by atoms with Crippen molar-refractivity contribution in [3.63, 3.8) is 0 Å². The normalized spacial score (nSPS) is 16.0. The smallest absolute Gasteiger partial charge is 0.274 e. The number of hydrogen-bond acceptors (Lipinski definition) is 5. The summed E-state index contributed by atoms with van der Waals surface area (Å²) in [4.78, 5) is 17.5. The van der Waals surface area contributed by atoms with Gasteiger partial charge in [-0.05, 0) is 49.6 Å². The molecular formula is C22H20N2O4. The molecule has 0 radical (unpaired) electrons. The largest absolute Gasteiger partial charge is 0.454 e. The van der Waals surface area contributed by atoms with E-state index in [1.54, 1.807) is 0 Å². The first-order valence-corrected chi connectivity index (χ1v) is 9.45. The maximum atomic E-state index is 13.0. The summed E-state index contributed by atoms with van der Waals surface area (Å²) in [5.41, 5.74) is 2.19. The molecule has 3 aromatic rings. The zero-order valence-corrected chi connectivity index (χ0v) is 15.5. The molecule has 1 N–H and O–H groups in total. The van der Waals surface area contributed by atoms with E-state index in [4.69, 9.17) is 13.9 Å². The monoisotopic (exact) mass is 376 g/mol. The summed E-state index contributed by atoms with van der Waals surface area (Å²) >= 11 is 0. The number of benzene rings is 2. The van der Waals surface area contributed by atoms with E-state index in [0.717, 1.165) is 29.7 Å². The van der Waals surface area contributed by atoms with Gasteiger partial charge in [0.15, 0.2) is 17.2 Å². The standard InChI is InChI=1S/C22H20N2O4/c1-13(16-9-10-17-18(11-16)27-12-26-17)23-21(25)19-20(14-7-8-14)28-22(24-19)15-5-3-2-4-6-15/h2-6,9-11,13-14H,7-8,12H2,1H3,(H,23,25). The van der Waals surface area contributed by atoms with Crippen LogP contribution in [0.15, 0.2) is 52.9 Å². The molecule has 2 heterocycles. The molecule has 142 valence electrons. The van der Waals surface area contributed by atoms with E-state index >= 15 is 0 Å². The second-order valence-corrected chi connectivity index (χ2v) is 7.18. The van der Waals surface area contributed by atoms with E-state index in [1.807, 2.05) is 55.5 Å². The molecule has 1 atom stereocenters. The van der Waals surface area contributed by atoms with Gasteiger partial charge in [-0.1, -0.05) is 24.3 Å². The Morgan fingerprint density at radius 3 is 2.68 bits per heavy atom. The Hall–Kier alpha value is -3.28. The Balaban J connectivity index is 1.39. The van der Waals surface area contributed by atoms with E-state index in [1.165, 1.54) is 0 Å². The average Bonchev–Trinajstić information content (AvgIpc) is 3.28. The molecule has 1 fully saturated rings. The summed E-state index contributed by atoms with van der Waals surface area (Å²) in [5.74, 6) is 2.66. The van der Waals surface area contributed by atoms with Crippen LogP contribution in [0.1, 0.15) is 53.5 Å². The lowest BCUT2D eigenvalue weighted by atomic mass is 10.1. The summed E-state index contributed by atoms with van der Waals surface area (Å²) < 4.78 is 16.8.